The summed E-state index contributed by atoms with van der Waals surface area (Å²) in [6.07, 6.45) is 1.36. The van der Waals surface area contributed by atoms with Gasteiger partial charge in [-0.2, -0.15) is 0 Å². The third-order valence-electron chi connectivity index (χ3n) is 3.80. The van der Waals surface area contributed by atoms with Crippen molar-refractivity contribution < 1.29 is 9.31 Å². The fourth-order valence-corrected chi connectivity index (χ4v) is 3.14. The summed E-state index contributed by atoms with van der Waals surface area (Å²) in [5.74, 6) is 0.519. The SMILES string of the molecule is Cc1cc(C)cc(B2OCC(C(C)CC(C)(C)C)O2)c1. The number of hydrogen-bond donors (Lipinski definition) is 0. The van der Waals surface area contributed by atoms with Crippen molar-refractivity contribution in [3.05, 3.63) is 29.3 Å². The number of aryl methyl sites for hydroxylation is 2. The van der Waals surface area contributed by atoms with Crippen molar-refractivity contribution in [1.29, 1.82) is 0 Å². The number of benzene rings is 1. The molecule has 2 rings (SSSR count). The van der Waals surface area contributed by atoms with E-state index in [1.807, 2.05) is 0 Å². The molecule has 1 heterocycles. The highest BCUT2D eigenvalue weighted by atomic mass is 16.6. The molecule has 1 aromatic carbocycles. The maximum Gasteiger partial charge on any atom is 0.494 e. The maximum atomic E-state index is 6.14. The van der Waals surface area contributed by atoms with Gasteiger partial charge in [-0.1, -0.05) is 57.0 Å². The van der Waals surface area contributed by atoms with Gasteiger partial charge in [-0.25, -0.2) is 0 Å². The predicted molar refractivity (Wildman–Crippen MR) is 85.4 cm³/mol. The van der Waals surface area contributed by atoms with E-state index in [9.17, 15) is 0 Å². The molecule has 20 heavy (non-hydrogen) atoms. The van der Waals surface area contributed by atoms with Crippen LogP contribution >= 0.6 is 0 Å². The smallest absolute Gasteiger partial charge is 0.405 e. The molecule has 0 saturated carbocycles. The second-order valence-corrected chi connectivity index (χ2v) is 7.50. The minimum atomic E-state index is -0.194. The van der Waals surface area contributed by atoms with Crippen molar-refractivity contribution in [2.24, 2.45) is 11.3 Å². The summed E-state index contributed by atoms with van der Waals surface area (Å²) < 4.78 is 12.0. The highest BCUT2D eigenvalue weighted by Crippen LogP contribution is 2.29. The zero-order valence-corrected chi connectivity index (χ0v) is 13.7. The third kappa shape index (κ3) is 4.10. The summed E-state index contributed by atoms with van der Waals surface area (Å²) in [5.41, 5.74) is 4.01. The van der Waals surface area contributed by atoms with Gasteiger partial charge in [-0.05, 0) is 37.1 Å². The molecule has 0 aromatic heterocycles. The van der Waals surface area contributed by atoms with E-state index in [1.54, 1.807) is 0 Å². The molecule has 0 bridgehead atoms. The van der Waals surface area contributed by atoms with E-state index in [-0.39, 0.29) is 13.2 Å². The van der Waals surface area contributed by atoms with Gasteiger partial charge in [-0.3, -0.25) is 0 Å². The van der Waals surface area contributed by atoms with Crippen molar-refractivity contribution in [2.45, 2.75) is 54.1 Å². The molecular weight excluding hydrogens is 247 g/mol. The Labute approximate surface area is 124 Å². The molecule has 1 aromatic rings. The second kappa shape index (κ2) is 5.91. The quantitative estimate of drug-likeness (QED) is 0.785. The van der Waals surface area contributed by atoms with Crippen LogP contribution in [0.5, 0.6) is 0 Å². The molecule has 2 atom stereocenters. The first-order valence-corrected chi connectivity index (χ1v) is 7.60. The van der Waals surface area contributed by atoms with Crippen LogP contribution in [0, 0.1) is 25.2 Å². The molecule has 0 amide bonds. The van der Waals surface area contributed by atoms with Gasteiger partial charge < -0.3 is 9.31 Å². The molecular formula is C17H27BO2. The molecule has 1 aliphatic rings. The van der Waals surface area contributed by atoms with Gasteiger partial charge in [0, 0.05) is 0 Å². The summed E-state index contributed by atoms with van der Waals surface area (Å²) >= 11 is 0. The molecule has 2 unspecified atom stereocenters. The van der Waals surface area contributed by atoms with E-state index in [1.165, 1.54) is 11.1 Å². The van der Waals surface area contributed by atoms with E-state index >= 15 is 0 Å². The summed E-state index contributed by atoms with van der Waals surface area (Å²) in [6.45, 7) is 14.0. The minimum absolute atomic E-state index is 0.194. The van der Waals surface area contributed by atoms with Crippen LogP contribution in [0.2, 0.25) is 0 Å². The van der Waals surface area contributed by atoms with Gasteiger partial charge >= 0.3 is 7.12 Å². The fraction of sp³-hybridized carbons (Fsp3) is 0.647. The van der Waals surface area contributed by atoms with Crippen LogP contribution in [-0.2, 0) is 9.31 Å². The summed E-state index contributed by atoms with van der Waals surface area (Å²) in [7, 11) is -0.194. The Bertz CT molecular complexity index is 444. The van der Waals surface area contributed by atoms with Crippen LogP contribution in [-0.4, -0.2) is 19.8 Å². The van der Waals surface area contributed by atoms with E-state index in [2.05, 4.69) is 59.7 Å². The Morgan fingerprint density at radius 3 is 2.35 bits per heavy atom. The Kier molecular flexibility index (Phi) is 4.60. The lowest BCUT2D eigenvalue weighted by Gasteiger charge is -2.26. The van der Waals surface area contributed by atoms with Gasteiger partial charge in [0.15, 0.2) is 0 Å². The van der Waals surface area contributed by atoms with Crippen molar-refractivity contribution in [1.82, 2.24) is 0 Å². The zero-order valence-electron chi connectivity index (χ0n) is 13.7. The summed E-state index contributed by atoms with van der Waals surface area (Å²) in [6, 6.07) is 6.50. The monoisotopic (exact) mass is 274 g/mol. The highest BCUT2D eigenvalue weighted by molar-refractivity contribution is 6.61. The Morgan fingerprint density at radius 1 is 1.20 bits per heavy atom. The predicted octanol–water partition coefficient (Wildman–Crippen LogP) is 3.49. The second-order valence-electron chi connectivity index (χ2n) is 7.50. The van der Waals surface area contributed by atoms with Crippen LogP contribution in [0.1, 0.15) is 45.2 Å². The van der Waals surface area contributed by atoms with E-state index in [0.29, 0.717) is 17.9 Å². The van der Waals surface area contributed by atoms with Crippen molar-refractivity contribution in [3.63, 3.8) is 0 Å². The average Bonchev–Trinajstić information content (AvgIpc) is 2.74. The lowest BCUT2D eigenvalue weighted by molar-refractivity contribution is 0.133. The molecule has 0 aliphatic carbocycles. The fourth-order valence-electron chi connectivity index (χ4n) is 3.14. The van der Waals surface area contributed by atoms with Crippen molar-refractivity contribution in [2.75, 3.05) is 6.61 Å². The number of hydrogen-bond acceptors (Lipinski definition) is 2. The Morgan fingerprint density at radius 2 is 1.80 bits per heavy atom. The molecule has 1 saturated heterocycles. The third-order valence-corrected chi connectivity index (χ3v) is 3.80. The zero-order chi connectivity index (χ0) is 14.9. The van der Waals surface area contributed by atoms with E-state index in [0.717, 1.165) is 11.9 Å². The van der Waals surface area contributed by atoms with E-state index < -0.39 is 0 Å². The standard InChI is InChI=1S/C17H27BO2/c1-12-7-13(2)9-15(8-12)18-19-11-16(20-18)14(3)10-17(4,5)6/h7-9,14,16H,10-11H2,1-6H3. The van der Waals surface area contributed by atoms with Gasteiger partial charge in [-0.15, -0.1) is 0 Å². The number of rotatable bonds is 3. The minimum Gasteiger partial charge on any atom is -0.405 e. The summed E-state index contributed by atoms with van der Waals surface area (Å²) in [5, 5.41) is 0. The first kappa shape index (κ1) is 15.6. The molecule has 110 valence electrons. The molecule has 1 aliphatic heterocycles. The van der Waals surface area contributed by atoms with Gasteiger partial charge in [0.2, 0.25) is 0 Å². The topological polar surface area (TPSA) is 18.5 Å². The molecule has 0 radical (unpaired) electrons. The lowest BCUT2D eigenvalue weighted by atomic mass is 9.77. The lowest BCUT2D eigenvalue weighted by Crippen LogP contribution is -2.34. The molecule has 3 heteroatoms. The highest BCUT2D eigenvalue weighted by Gasteiger charge is 2.36. The first-order chi connectivity index (χ1) is 9.24. The van der Waals surface area contributed by atoms with Crippen LogP contribution in [0.3, 0.4) is 0 Å². The van der Waals surface area contributed by atoms with Crippen molar-refractivity contribution in [3.8, 4) is 0 Å². The molecule has 0 spiro atoms. The Hall–Kier alpha value is -0.795. The van der Waals surface area contributed by atoms with Crippen LogP contribution in [0.25, 0.3) is 0 Å². The molecule has 0 N–H and O–H groups in total. The maximum absolute atomic E-state index is 6.14. The summed E-state index contributed by atoms with van der Waals surface area (Å²) in [4.78, 5) is 0. The average molecular weight is 274 g/mol. The van der Waals surface area contributed by atoms with Crippen molar-refractivity contribution >= 4 is 12.6 Å². The van der Waals surface area contributed by atoms with Gasteiger partial charge in [0.05, 0.1) is 12.7 Å². The van der Waals surface area contributed by atoms with E-state index in [4.69, 9.17) is 9.31 Å². The Balaban J connectivity index is 2.01. The van der Waals surface area contributed by atoms with Gasteiger partial charge in [0.1, 0.15) is 0 Å². The molecule has 2 nitrogen and oxygen atoms in total. The van der Waals surface area contributed by atoms with Crippen LogP contribution in [0.15, 0.2) is 18.2 Å². The van der Waals surface area contributed by atoms with Gasteiger partial charge in [0.25, 0.3) is 0 Å². The normalized spacial score (nSPS) is 21.3. The largest absolute Gasteiger partial charge is 0.494 e. The molecule has 1 fully saturated rings. The van der Waals surface area contributed by atoms with Crippen LogP contribution < -0.4 is 5.46 Å². The van der Waals surface area contributed by atoms with Crippen LogP contribution in [0.4, 0.5) is 0 Å². The first-order valence-electron chi connectivity index (χ1n) is 7.60.